The Balaban J connectivity index is 4.55. The monoisotopic (exact) mass is 529 g/mol. The summed E-state index contributed by atoms with van der Waals surface area (Å²) in [5.41, 5.74) is 0. The molecule has 0 aromatic rings. The van der Waals surface area contributed by atoms with Gasteiger partial charge in [0.1, 0.15) is 12.6 Å². The van der Waals surface area contributed by atoms with Gasteiger partial charge in [-0.2, -0.15) is 0 Å². The van der Waals surface area contributed by atoms with Crippen LogP contribution in [0.15, 0.2) is 0 Å². The van der Waals surface area contributed by atoms with Gasteiger partial charge in [0.15, 0.2) is 6.10 Å². The highest BCUT2D eigenvalue weighted by molar-refractivity contribution is 5.70. The zero-order valence-corrected chi connectivity index (χ0v) is 24.4. The minimum Gasteiger partial charge on any atom is -0.544 e. The molecule has 8 nitrogen and oxygen atoms in total. The SMILES string of the molecule is CCCCCCCCCC(=O)OC(COCCC(C(=O)[O-])[N+](C)(C)C)COC(=O)CCCCCCCC. The van der Waals surface area contributed by atoms with Gasteiger partial charge < -0.3 is 28.6 Å². The van der Waals surface area contributed by atoms with E-state index in [1.165, 1.54) is 44.9 Å². The van der Waals surface area contributed by atoms with Gasteiger partial charge in [-0.25, -0.2) is 0 Å². The molecule has 2 unspecified atom stereocenters. The molecule has 0 saturated carbocycles. The van der Waals surface area contributed by atoms with Crippen molar-refractivity contribution in [3.63, 3.8) is 0 Å². The molecule has 0 heterocycles. The predicted molar refractivity (Wildman–Crippen MR) is 144 cm³/mol. The van der Waals surface area contributed by atoms with Crippen LogP contribution in [0.25, 0.3) is 0 Å². The fourth-order valence-electron chi connectivity index (χ4n) is 4.13. The van der Waals surface area contributed by atoms with E-state index in [1.54, 1.807) is 21.1 Å². The smallest absolute Gasteiger partial charge is 0.306 e. The van der Waals surface area contributed by atoms with E-state index in [2.05, 4.69) is 13.8 Å². The third-order valence-electron chi connectivity index (χ3n) is 6.49. The predicted octanol–water partition coefficient (Wildman–Crippen LogP) is 4.56. The van der Waals surface area contributed by atoms with E-state index in [0.29, 0.717) is 12.8 Å². The van der Waals surface area contributed by atoms with Crippen LogP contribution in [0.5, 0.6) is 0 Å². The number of hydrogen-bond donors (Lipinski definition) is 0. The van der Waals surface area contributed by atoms with Gasteiger partial charge in [-0.05, 0) is 12.8 Å². The van der Waals surface area contributed by atoms with Crippen LogP contribution in [0.2, 0.25) is 0 Å². The van der Waals surface area contributed by atoms with Gasteiger partial charge in [0.2, 0.25) is 0 Å². The lowest BCUT2D eigenvalue weighted by atomic mass is 10.1. The number of hydrogen-bond acceptors (Lipinski definition) is 7. The summed E-state index contributed by atoms with van der Waals surface area (Å²) in [6.07, 6.45) is 14.5. The molecule has 0 spiro atoms. The number of nitrogens with zero attached hydrogens (tertiary/aromatic N) is 1. The second kappa shape index (κ2) is 22.3. The molecule has 0 amide bonds. The molecule has 0 N–H and O–H groups in total. The van der Waals surface area contributed by atoms with Crippen LogP contribution >= 0.6 is 0 Å². The lowest BCUT2D eigenvalue weighted by Crippen LogP contribution is -2.55. The highest BCUT2D eigenvalue weighted by Crippen LogP contribution is 2.12. The van der Waals surface area contributed by atoms with Crippen molar-refractivity contribution in [3.05, 3.63) is 0 Å². The Kier molecular flexibility index (Phi) is 21.3. The number of carbonyl (C=O) groups excluding carboxylic acids is 3. The fraction of sp³-hybridized carbons (Fsp3) is 0.897. The molecule has 0 aromatic heterocycles. The summed E-state index contributed by atoms with van der Waals surface area (Å²) in [5.74, 6) is -1.75. The Hall–Kier alpha value is -1.67. The van der Waals surface area contributed by atoms with Crippen molar-refractivity contribution < 1.29 is 38.2 Å². The van der Waals surface area contributed by atoms with Crippen LogP contribution in [0, 0.1) is 0 Å². The van der Waals surface area contributed by atoms with Crippen molar-refractivity contribution >= 4 is 17.9 Å². The normalized spacial score (nSPS) is 13.2. The Morgan fingerprint density at radius 2 is 1.19 bits per heavy atom. The van der Waals surface area contributed by atoms with Gasteiger partial charge >= 0.3 is 11.9 Å². The van der Waals surface area contributed by atoms with E-state index >= 15 is 0 Å². The number of unbranched alkanes of at least 4 members (excludes halogenated alkanes) is 11. The number of rotatable bonds is 25. The molecule has 0 aliphatic heterocycles. The third kappa shape index (κ3) is 21.0. The molecule has 8 heteroatoms. The molecular formula is C29H55NO7. The first-order valence-electron chi connectivity index (χ1n) is 14.6. The molecule has 0 aliphatic carbocycles. The summed E-state index contributed by atoms with van der Waals surface area (Å²) in [6.45, 7) is 4.52. The fourth-order valence-corrected chi connectivity index (χ4v) is 4.13. The minimum absolute atomic E-state index is 0.0456. The first kappa shape index (κ1) is 35.3. The number of carboxylic acids is 1. The number of quaternary nitrogens is 1. The van der Waals surface area contributed by atoms with E-state index in [-0.39, 0.29) is 42.7 Å². The Morgan fingerprint density at radius 3 is 1.68 bits per heavy atom. The molecule has 0 aliphatic rings. The van der Waals surface area contributed by atoms with Gasteiger partial charge in [-0.3, -0.25) is 9.59 Å². The van der Waals surface area contributed by atoms with E-state index in [1.807, 2.05) is 0 Å². The van der Waals surface area contributed by atoms with Gasteiger partial charge in [-0.1, -0.05) is 84.5 Å². The molecule has 218 valence electrons. The molecular weight excluding hydrogens is 474 g/mol. The Labute approximate surface area is 226 Å². The van der Waals surface area contributed by atoms with E-state index in [9.17, 15) is 19.5 Å². The average Bonchev–Trinajstić information content (AvgIpc) is 2.82. The molecule has 0 rings (SSSR count). The van der Waals surface area contributed by atoms with Crippen molar-refractivity contribution in [1.29, 1.82) is 0 Å². The van der Waals surface area contributed by atoms with E-state index in [4.69, 9.17) is 14.2 Å². The summed E-state index contributed by atoms with van der Waals surface area (Å²) in [5, 5.41) is 11.4. The number of carboxylic acid groups (broad SMARTS) is 1. The van der Waals surface area contributed by atoms with Crippen LogP contribution in [-0.4, -0.2) is 75.5 Å². The molecule has 0 radical (unpaired) electrons. The maximum atomic E-state index is 12.4. The van der Waals surface area contributed by atoms with Crippen LogP contribution in [0.1, 0.15) is 117 Å². The summed E-state index contributed by atoms with van der Waals surface area (Å²) >= 11 is 0. The van der Waals surface area contributed by atoms with Crippen molar-refractivity contribution in [2.75, 3.05) is 41.0 Å². The van der Waals surface area contributed by atoms with E-state index in [0.717, 1.165) is 38.5 Å². The van der Waals surface area contributed by atoms with Crippen molar-refractivity contribution in [2.24, 2.45) is 0 Å². The van der Waals surface area contributed by atoms with Gasteiger partial charge in [-0.15, -0.1) is 0 Å². The summed E-state index contributed by atoms with van der Waals surface area (Å²) in [4.78, 5) is 36.0. The highest BCUT2D eigenvalue weighted by atomic mass is 16.6. The standard InChI is InChI=1S/C29H55NO7/c1-6-8-10-12-14-16-18-20-28(32)37-25(23-35-22-21-26(29(33)34)30(3,4)5)24-36-27(31)19-17-15-13-11-9-7-2/h25-26H,6-24H2,1-5H3. The number of likely N-dealkylation sites (N-methyl/N-ethyl adjacent to an activating group) is 1. The van der Waals surface area contributed by atoms with Crippen LogP contribution in [-0.2, 0) is 28.6 Å². The molecule has 37 heavy (non-hydrogen) atoms. The van der Waals surface area contributed by atoms with Crippen molar-refractivity contribution in [2.45, 2.75) is 129 Å². The van der Waals surface area contributed by atoms with Gasteiger partial charge in [0.25, 0.3) is 0 Å². The van der Waals surface area contributed by atoms with E-state index < -0.39 is 18.1 Å². The van der Waals surface area contributed by atoms with Crippen molar-refractivity contribution in [1.82, 2.24) is 0 Å². The van der Waals surface area contributed by atoms with Gasteiger partial charge in [0, 0.05) is 19.3 Å². The second-order valence-corrected chi connectivity index (χ2v) is 11.0. The molecule has 0 aromatic carbocycles. The first-order valence-corrected chi connectivity index (χ1v) is 14.6. The number of carbonyl (C=O) groups is 3. The summed E-state index contributed by atoms with van der Waals surface area (Å²) < 4.78 is 16.8. The van der Waals surface area contributed by atoms with Crippen LogP contribution < -0.4 is 5.11 Å². The maximum Gasteiger partial charge on any atom is 0.306 e. The highest BCUT2D eigenvalue weighted by Gasteiger charge is 2.25. The average molecular weight is 530 g/mol. The van der Waals surface area contributed by atoms with Crippen LogP contribution in [0.3, 0.4) is 0 Å². The number of aliphatic carboxylic acids is 1. The summed E-state index contributed by atoms with van der Waals surface area (Å²) in [7, 11) is 5.37. The number of esters is 2. The lowest BCUT2D eigenvalue weighted by molar-refractivity contribution is -0.889. The third-order valence-corrected chi connectivity index (χ3v) is 6.49. The summed E-state index contributed by atoms with van der Waals surface area (Å²) in [6, 6.07) is -0.714. The molecule has 0 fully saturated rings. The second-order valence-electron chi connectivity index (χ2n) is 11.0. The van der Waals surface area contributed by atoms with Crippen molar-refractivity contribution in [3.8, 4) is 0 Å². The molecule has 2 atom stereocenters. The quantitative estimate of drug-likeness (QED) is 0.0970. The van der Waals surface area contributed by atoms with Crippen LogP contribution in [0.4, 0.5) is 0 Å². The zero-order valence-electron chi connectivity index (χ0n) is 24.4. The lowest BCUT2D eigenvalue weighted by Gasteiger charge is -2.34. The molecule has 0 saturated heterocycles. The first-order chi connectivity index (χ1) is 17.6. The minimum atomic E-state index is -1.13. The zero-order chi connectivity index (χ0) is 27.9. The van der Waals surface area contributed by atoms with Gasteiger partial charge in [0.05, 0.1) is 40.3 Å². The Bertz CT molecular complexity index is 604. The largest absolute Gasteiger partial charge is 0.544 e. The molecule has 0 bridgehead atoms. The number of ether oxygens (including phenoxy) is 3. The topological polar surface area (TPSA) is 102 Å². The Morgan fingerprint density at radius 1 is 0.703 bits per heavy atom. The maximum absolute atomic E-state index is 12.4.